The lowest BCUT2D eigenvalue weighted by atomic mass is 10.00. The van der Waals surface area contributed by atoms with Crippen LogP contribution in [0, 0.1) is 25.6 Å². The van der Waals surface area contributed by atoms with E-state index in [1.54, 1.807) is 25.1 Å². The molecule has 7 heteroatoms. The van der Waals surface area contributed by atoms with Gasteiger partial charge in [-0.05, 0) is 50.3 Å². The Morgan fingerprint density at radius 1 is 1.26 bits per heavy atom. The molecule has 2 heterocycles. The van der Waals surface area contributed by atoms with Crippen LogP contribution >= 0.6 is 0 Å². The largest absolute Gasteiger partial charge is 0.467 e. The minimum absolute atomic E-state index is 0.206. The number of nitrogens with zero attached hydrogens (tertiary/aromatic N) is 3. The number of carbonyl (C=O) groups is 1. The number of ether oxygens (including phenoxy) is 1. The average Bonchev–Trinajstić information content (AvgIpc) is 2.63. The number of carbonyl (C=O) groups excluding carboxylic acids is 1. The Balaban J connectivity index is 1.60. The van der Waals surface area contributed by atoms with Crippen molar-refractivity contribution in [3.8, 4) is 5.88 Å². The van der Waals surface area contributed by atoms with Crippen LogP contribution in [-0.4, -0.2) is 35.6 Å². The molecule has 0 aliphatic carbocycles. The van der Waals surface area contributed by atoms with Gasteiger partial charge in [-0.1, -0.05) is 13.0 Å². The van der Waals surface area contributed by atoms with Gasteiger partial charge in [-0.2, -0.15) is 4.98 Å². The molecular formula is C20H25FN4O2. The Kier molecular flexibility index (Phi) is 5.88. The number of hydrogen-bond acceptors (Lipinski definition) is 5. The molecule has 27 heavy (non-hydrogen) atoms. The lowest BCUT2D eigenvalue weighted by Crippen LogP contribution is -2.34. The Bertz CT molecular complexity index is 820. The summed E-state index contributed by atoms with van der Waals surface area (Å²) in [5, 5.41) is 2.62. The van der Waals surface area contributed by atoms with Gasteiger partial charge in [0.05, 0.1) is 0 Å². The van der Waals surface area contributed by atoms with Crippen molar-refractivity contribution >= 4 is 17.5 Å². The normalized spacial score (nSPS) is 14.9. The van der Waals surface area contributed by atoms with Gasteiger partial charge in [0, 0.05) is 30.5 Å². The van der Waals surface area contributed by atoms with E-state index in [2.05, 4.69) is 27.1 Å². The van der Waals surface area contributed by atoms with Gasteiger partial charge in [0.25, 0.3) is 5.91 Å². The number of rotatable bonds is 5. The molecule has 1 aromatic carbocycles. The fourth-order valence-corrected chi connectivity index (χ4v) is 2.96. The molecule has 6 nitrogen and oxygen atoms in total. The summed E-state index contributed by atoms with van der Waals surface area (Å²) in [6, 6.07) is 6.26. The summed E-state index contributed by atoms with van der Waals surface area (Å²) in [6.45, 7) is 7.43. The number of anilines is 2. The Labute approximate surface area is 158 Å². The standard InChI is InChI=1S/C20H25FN4O2/c1-13-6-8-25(9-7-13)20-22-15(3)10-19(24-20)27-12-18(26)23-16-5-4-14(2)17(21)11-16/h4-5,10-11,13H,6-9,12H2,1-3H3,(H,23,26). The second kappa shape index (κ2) is 8.33. The first-order chi connectivity index (χ1) is 12.9. The van der Waals surface area contributed by atoms with Crippen LogP contribution in [0.2, 0.25) is 0 Å². The van der Waals surface area contributed by atoms with Crippen LogP contribution in [0.4, 0.5) is 16.0 Å². The fourth-order valence-electron chi connectivity index (χ4n) is 2.96. The van der Waals surface area contributed by atoms with Gasteiger partial charge in [-0.15, -0.1) is 0 Å². The highest BCUT2D eigenvalue weighted by atomic mass is 19.1. The first-order valence-electron chi connectivity index (χ1n) is 9.20. The third-order valence-corrected chi connectivity index (χ3v) is 4.69. The molecule has 0 atom stereocenters. The molecular weight excluding hydrogens is 347 g/mol. The van der Waals surface area contributed by atoms with Crippen molar-refractivity contribution in [3.05, 3.63) is 41.3 Å². The lowest BCUT2D eigenvalue weighted by Gasteiger charge is -2.30. The quantitative estimate of drug-likeness (QED) is 0.870. The SMILES string of the molecule is Cc1cc(OCC(=O)Nc2ccc(C)c(F)c2)nc(N2CCC(C)CC2)n1. The van der Waals surface area contributed by atoms with Gasteiger partial charge >= 0.3 is 0 Å². The smallest absolute Gasteiger partial charge is 0.262 e. The molecule has 1 saturated heterocycles. The first-order valence-corrected chi connectivity index (χ1v) is 9.20. The number of piperidine rings is 1. The molecule has 1 aliphatic rings. The minimum atomic E-state index is -0.372. The molecule has 1 amide bonds. The van der Waals surface area contributed by atoms with E-state index in [1.165, 1.54) is 6.07 Å². The Morgan fingerprint density at radius 2 is 2.00 bits per heavy atom. The van der Waals surface area contributed by atoms with E-state index in [4.69, 9.17) is 4.74 Å². The molecule has 0 saturated carbocycles. The summed E-state index contributed by atoms with van der Waals surface area (Å²) >= 11 is 0. The topological polar surface area (TPSA) is 67.3 Å². The van der Waals surface area contributed by atoms with Crippen LogP contribution in [0.15, 0.2) is 24.3 Å². The number of aromatic nitrogens is 2. The summed E-state index contributed by atoms with van der Waals surface area (Å²) < 4.78 is 19.1. The second-order valence-corrected chi connectivity index (χ2v) is 7.12. The molecule has 1 fully saturated rings. The maximum Gasteiger partial charge on any atom is 0.262 e. The molecule has 1 aromatic heterocycles. The molecule has 2 aromatic rings. The second-order valence-electron chi connectivity index (χ2n) is 7.12. The molecule has 3 rings (SSSR count). The summed E-state index contributed by atoms with van der Waals surface area (Å²) in [5.41, 5.74) is 1.71. The zero-order valence-corrected chi connectivity index (χ0v) is 16.0. The summed E-state index contributed by atoms with van der Waals surface area (Å²) in [4.78, 5) is 23.2. The third-order valence-electron chi connectivity index (χ3n) is 4.69. The maximum atomic E-state index is 13.6. The first kappa shape index (κ1) is 19.1. The van der Waals surface area contributed by atoms with Gasteiger partial charge in [0.2, 0.25) is 11.8 Å². The van der Waals surface area contributed by atoms with Crippen molar-refractivity contribution in [1.29, 1.82) is 0 Å². The van der Waals surface area contributed by atoms with Crippen molar-refractivity contribution < 1.29 is 13.9 Å². The van der Waals surface area contributed by atoms with E-state index in [-0.39, 0.29) is 18.3 Å². The van der Waals surface area contributed by atoms with Crippen molar-refractivity contribution in [2.24, 2.45) is 5.92 Å². The zero-order chi connectivity index (χ0) is 19.4. The number of halogens is 1. The zero-order valence-electron chi connectivity index (χ0n) is 16.0. The van der Waals surface area contributed by atoms with Gasteiger partial charge in [-0.3, -0.25) is 4.79 Å². The highest BCUT2D eigenvalue weighted by molar-refractivity contribution is 5.91. The van der Waals surface area contributed by atoms with Gasteiger partial charge in [0.15, 0.2) is 6.61 Å². The number of amides is 1. The van der Waals surface area contributed by atoms with Crippen molar-refractivity contribution in [2.75, 3.05) is 29.9 Å². The van der Waals surface area contributed by atoms with Gasteiger partial charge < -0.3 is 15.0 Å². The average molecular weight is 372 g/mol. The maximum absolute atomic E-state index is 13.6. The van der Waals surface area contributed by atoms with Crippen molar-refractivity contribution in [3.63, 3.8) is 0 Å². The summed E-state index contributed by atoms with van der Waals surface area (Å²) in [6.07, 6.45) is 2.23. The highest BCUT2D eigenvalue weighted by Crippen LogP contribution is 2.22. The molecule has 0 radical (unpaired) electrons. The fraction of sp³-hybridized carbons (Fsp3) is 0.450. The minimum Gasteiger partial charge on any atom is -0.467 e. The van der Waals surface area contributed by atoms with Gasteiger partial charge in [0.1, 0.15) is 5.82 Å². The highest BCUT2D eigenvalue weighted by Gasteiger charge is 2.19. The van der Waals surface area contributed by atoms with Crippen molar-refractivity contribution in [2.45, 2.75) is 33.6 Å². The van der Waals surface area contributed by atoms with Crippen LogP contribution in [0.5, 0.6) is 5.88 Å². The van der Waals surface area contributed by atoms with Crippen LogP contribution in [-0.2, 0) is 4.79 Å². The Morgan fingerprint density at radius 3 is 2.70 bits per heavy atom. The predicted molar refractivity (Wildman–Crippen MR) is 103 cm³/mol. The molecule has 1 N–H and O–H groups in total. The van der Waals surface area contributed by atoms with E-state index in [0.29, 0.717) is 23.1 Å². The van der Waals surface area contributed by atoms with Crippen molar-refractivity contribution in [1.82, 2.24) is 9.97 Å². The van der Waals surface area contributed by atoms with Crippen LogP contribution in [0.3, 0.4) is 0 Å². The Hall–Kier alpha value is -2.70. The third kappa shape index (κ3) is 5.15. The summed E-state index contributed by atoms with van der Waals surface area (Å²) in [5.74, 6) is 0.986. The molecule has 0 spiro atoms. The van der Waals surface area contributed by atoms with E-state index in [1.807, 2.05) is 6.92 Å². The summed E-state index contributed by atoms with van der Waals surface area (Å²) in [7, 11) is 0. The van der Waals surface area contributed by atoms with Gasteiger partial charge in [-0.25, -0.2) is 9.37 Å². The number of aryl methyl sites for hydroxylation is 2. The number of benzene rings is 1. The van der Waals surface area contributed by atoms with E-state index in [0.717, 1.165) is 37.5 Å². The number of hydrogen-bond donors (Lipinski definition) is 1. The lowest BCUT2D eigenvalue weighted by molar-refractivity contribution is -0.118. The molecule has 0 unspecified atom stereocenters. The van der Waals surface area contributed by atoms with E-state index < -0.39 is 0 Å². The molecule has 144 valence electrons. The van der Waals surface area contributed by atoms with Crippen LogP contribution in [0.25, 0.3) is 0 Å². The molecule has 1 aliphatic heterocycles. The molecule has 0 bridgehead atoms. The monoisotopic (exact) mass is 372 g/mol. The number of nitrogens with one attached hydrogen (secondary N) is 1. The van der Waals surface area contributed by atoms with Crippen LogP contribution < -0.4 is 15.0 Å². The predicted octanol–water partition coefficient (Wildman–Crippen LogP) is 3.49. The van der Waals surface area contributed by atoms with Crippen LogP contribution in [0.1, 0.15) is 31.0 Å². The van der Waals surface area contributed by atoms with E-state index in [9.17, 15) is 9.18 Å². The van der Waals surface area contributed by atoms with E-state index >= 15 is 0 Å².